The van der Waals surface area contributed by atoms with Gasteiger partial charge in [0.05, 0.1) is 18.1 Å². The Morgan fingerprint density at radius 1 is 1.11 bits per heavy atom. The van der Waals surface area contributed by atoms with Crippen LogP contribution < -0.4 is 11.1 Å². The first-order chi connectivity index (χ1) is 8.79. The summed E-state index contributed by atoms with van der Waals surface area (Å²) in [6.07, 6.45) is 4.32. The first-order valence-electron chi connectivity index (χ1n) is 5.81. The van der Waals surface area contributed by atoms with E-state index in [0.717, 1.165) is 24.2 Å². The molecule has 1 aromatic heterocycles. The van der Waals surface area contributed by atoms with Crippen LogP contribution in [0.4, 0.5) is 10.1 Å². The second-order valence-corrected chi connectivity index (χ2v) is 3.87. The minimum atomic E-state index is -0.265. The fourth-order valence-corrected chi connectivity index (χ4v) is 1.50. The molecule has 94 valence electrons. The van der Waals surface area contributed by atoms with E-state index >= 15 is 0 Å². The van der Waals surface area contributed by atoms with Gasteiger partial charge >= 0.3 is 0 Å². The zero-order valence-corrected chi connectivity index (χ0v) is 9.94. The molecule has 0 spiro atoms. The molecule has 5 heteroatoms. The molecule has 2 rings (SSSR count). The highest BCUT2D eigenvalue weighted by Crippen LogP contribution is 2.15. The van der Waals surface area contributed by atoms with Crippen LogP contribution >= 0.6 is 0 Å². The highest BCUT2D eigenvalue weighted by Gasteiger charge is 2.01. The molecular weight excluding hydrogens is 231 g/mol. The van der Waals surface area contributed by atoms with Crippen molar-refractivity contribution in [3.05, 3.63) is 42.5 Å². The summed E-state index contributed by atoms with van der Waals surface area (Å²) in [6.45, 7) is 1.46. The summed E-state index contributed by atoms with van der Waals surface area (Å²) in [6, 6.07) is 6.11. The maximum absolute atomic E-state index is 12.8. The molecule has 0 amide bonds. The fraction of sp³-hybridized carbons (Fsp3) is 0.231. The molecule has 0 unspecified atom stereocenters. The van der Waals surface area contributed by atoms with E-state index in [4.69, 9.17) is 5.73 Å². The number of benzene rings is 1. The van der Waals surface area contributed by atoms with Gasteiger partial charge in [-0.15, -0.1) is 0 Å². The lowest BCUT2D eigenvalue weighted by Gasteiger charge is -2.05. The third-order valence-electron chi connectivity index (χ3n) is 2.46. The van der Waals surface area contributed by atoms with Gasteiger partial charge in [-0.05, 0) is 37.2 Å². The number of anilines is 1. The molecule has 3 N–H and O–H groups in total. The molecule has 18 heavy (non-hydrogen) atoms. The maximum atomic E-state index is 12.8. The van der Waals surface area contributed by atoms with E-state index in [1.165, 1.54) is 12.1 Å². The molecule has 2 aromatic rings. The number of nitrogens with zero attached hydrogens (tertiary/aromatic N) is 2. The highest BCUT2D eigenvalue weighted by atomic mass is 19.1. The van der Waals surface area contributed by atoms with Crippen LogP contribution in [0.3, 0.4) is 0 Å². The number of halogens is 1. The van der Waals surface area contributed by atoms with Crippen LogP contribution in [0.1, 0.15) is 6.42 Å². The summed E-state index contributed by atoms with van der Waals surface area (Å²) in [7, 11) is 0. The summed E-state index contributed by atoms with van der Waals surface area (Å²) in [5.41, 5.74) is 7.06. The minimum Gasteiger partial charge on any atom is -0.383 e. The molecule has 0 radical (unpaired) electrons. The molecule has 1 heterocycles. The van der Waals surface area contributed by atoms with Crippen LogP contribution in [0.5, 0.6) is 0 Å². The predicted octanol–water partition coefficient (Wildman–Crippen LogP) is 2.04. The van der Waals surface area contributed by atoms with Gasteiger partial charge in [-0.1, -0.05) is 0 Å². The smallest absolute Gasteiger partial charge is 0.159 e. The van der Waals surface area contributed by atoms with Gasteiger partial charge < -0.3 is 11.1 Å². The van der Waals surface area contributed by atoms with Gasteiger partial charge in [-0.2, -0.15) is 0 Å². The van der Waals surface area contributed by atoms with E-state index in [9.17, 15) is 4.39 Å². The number of hydrogen-bond acceptors (Lipinski definition) is 4. The monoisotopic (exact) mass is 246 g/mol. The molecule has 4 nitrogen and oxygen atoms in total. The number of rotatable bonds is 5. The Morgan fingerprint density at radius 2 is 1.78 bits per heavy atom. The lowest BCUT2D eigenvalue weighted by Crippen LogP contribution is -2.08. The second kappa shape index (κ2) is 6.07. The van der Waals surface area contributed by atoms with Crippen molar-refractivity contribution in [2.75, 3.05) is 18.4 Å². The Balaban J connectivity index is 2.05. The van der Waals surface area contributed by atoms with Crippen LogP contribution in [0.25, 0.3) is 11.4 Å². The summed E-state index contributed by atoms with van der Waals surface area (Å²) >= 11 is 0. The Hall–Kier alpha value is -2.01. The van der Waals surface area contributed by atoms with E-state index in [-0.39, 0.29) is 5.82 Å². The zero-order chi connectivity index (χ0) is 12.8. The first-order valence-corrected chi connectivity index (χ1v) is 5.81. The fourth-order valence-electron chi connectivity index (χ4n) is 1.50. The van der Waals surface area contributed by atoms with Gasteiger partial charge in [0.25, 0.3) is 0 Å². The largest absolute Gasteiger partial charge is 0.383 e. The van der Waals surface area contributed by atoms with Crippen molar-refractivity contribution >= 4 is 5.69 Å². The normalized spacial score (nSPS) is 10.3. The Kier molecular flexibility index (Phi) is 4.20. The second-order valence-electron chi connectivity index (χ2n) is 3.87. The van der Waals surface area contributed by atoms with Crippen LogP contribution in [0, 0.1) is 5.82 Å². The Bertz CT molecular complexity index is 481. The highest BCUT2D eigenvalue weighted by molar-refractivity contribution is 5.55. The predicted molar refractivity (Wildman–Crippen MR) is 69.6 cm³/mol. The molecule has 0 fully saturated rings. The first kappa shape index (κ1) is 12.4. The van der Waals surface area contributed by atoms with Crippen LogP contribution in [0.2, 0.25) is 0 Å². The molecule has 0 bridgehead atoms. The lowest BCUT2D eigenvalue weighted by atomic mass is 10.2. The topological polar surface area (TPSA) is 63.8 Å². The molecule has 0 atom stereocenters. The molecular formula is C13H15FN4. The van der Waals surface area contributed by atoms with Crippen LogP contribution in [-0.2, 0) is 0 Å². The molecule has 0 saturated heterocycles. The van der Waals surface area contributed by atoms with Crippen LogP contribution in [0.15, 0.2) is 36.7 Å². The van der Waals surface area contributed by atoms with Gasteiger partial charge in [-0.25, -0.2) is 14.4 Å². The summed E-state index contributed by atoms with van der Waals surface area (Å²) in [4.78, 5) is 8.46. The lowest BCUT2D eigenvalue weighted by molar-refractivity contribution is 0.628. The summed E-state index contributed by atoms with van der Waals surface area (Å²) in [5, 5.41) is 3.17. The molecule has 1 aromatic carbocycles. The number of aromatic nitrogens is 2. The molecule has 0 aliphatic carbocycles. The third-order valence-corrected chi connectivity index (χ3v) is 2.46. The van der Waals surface area contributed by atoms with Crippen molar-refractivity contribution < 1.29 is 4.39 Å². The average Bonchev–Trinajstić information content (AvgIpc) is 2.41. The minimum absolute atomic E-state index is 0.265. The zero-order valence-electron chi connectivity index (χ0n) is 9.94. The van der Waals surface area contributed by atoms with E-state index in [1.54, 1.807) is 24.5 Å². The Labute approximate surface area is 105 Å². The van der Waals surface area contributed by atoms with E-state index in [2.05, 4.69) is 15.3 Å². The maximum Gasteiger partial charge on any atom is 0.159 e. The van der Waals surface area contributed by atoms with Crippen molar-refractivity contribution in [3.63, 3.8) is 0 Å². The quantitative estimate of drug-likeness (QED) is 0.792. The molecule has 0 saturated carbocycles. The van der Waals surface area contributed by atoms with Crippen molar-refractivity contribution in [2.45, 2.75) is 6.42 Å². The number of nitrogens with one attached hydrogen (secondary N) is 1. The average molecular weight is 246 g/mol. The van der Waals surface area contributed by atoms with Gasteiger partial charge in [0.15, 0.2) is 5.82 Å². The SMILES string of the molecule is NCCCNc1cnc(-c2ccc(F)cc2)nc1. The number of nitrogens with two attached hydrogens (primary N) is 1. The van der Waals surface area contributed by atoms with Gasteiger partial charge in [0.1, 0.15) is 5.82 Å². The van der Waals surface area contributed by atoms with Crippen LogP contribution in [-0.4, -0.2) is 23.1 Å². The molecule has 0 aliphatic rings. The molecule has 0 aliphatic heterocycles. The van der Waals surface area contributed by atoms with Gasteiger partial charge in [0, 0.05) is 12.1 Å². The van der Waals surface area contributed by atoms with E-state index in [0.29, 0.717) is 12.4 Å². The van der Waals surface area contributed by atoms with Crippen molar-refractivity contribution in [1.82, 2.24) is 9.97 Å². The van der Waals surface area contributed by atoms with Crippen molar-refractivity contribution in [1.29, 1.82) is 0 Å². The van der Waals surface area contributed by atoms with E-state index in [1.807, 2.05) is 0 Å². The Morgan fingerprint density at radius 3 is 2.39 bits per heavy atom. The number of hydrogen-bond donors (Lipinski definition) is 2. The standard InChI is InChI=1S/C13H15FN4/c14-11-4-2-10(3-5-11)13-17-8-12(9-18-13)16-7-1-6-15/h2-5,8-9,16H,1,6-7,15H2. The van der Waals surface area contributed by atoms with Gasteiger partial charge in [0.2, 0.25) is 0 Å². The van der Waals surface area contributed by atoms with E-state index < -0.39 is 0 Å². The summed E-state index contributed by atoms with van der Waals surface area (Å²) < 4.78 is 12.8. The van der Waals surface area contributed by atoms with Crippen molar-refractivity contribution in [2.24, 2.45) is 5.73 Å². The third kappa shape index (κ3) is 3.24. The van der Waals surface area contributed by atoms with Gasteiger partial charge in [-0.3, -0.25) is 0 Å². The van der Waals surface area contributed by atoms with Crippen molar-refractivity contribution in [3.8, 4) is 11.4 Å². The summed E-state index contributed by atoms with van der Waals surface area (Å²) in [5.74, 6) is 0.318.